The second-order valence-corrected chi connectivity index (χ2v) is 5.21. The lowest BCUT2D eigenvalue weighted by Gasteiger charge is -2.04. The minimum Gasteiger partial charge on any atom is -0.306 e. The first-order valence-corrected chi connectivity index (χ1v) is 7.05. The topological polar surface area (TPSA) is 59.8 Å². The van der Waals surface area contributed by atoms with Crippen molar-refractivity contribution < 1.29 is 4.79 Å². The number of anilines is 1. The fraction of sp³-hybridized carbons (Fsp3) is 0.0625. The first kappa shape index (κ1) is 14.3. The van der Waals surface area contributed by atoms with Crippen molar-refractivity contribution in [3.8, 4) is 5.69 Å². The molecule has 0 fully saturated rings. The lowest BCUT2D eigenvalue weighted by Crippen LogP contribution is -2.12. The molecule has 0 aliphatic carbocycles. The monoisotopic (exact) mass is 312 g/mol. The Labute approximate surface area is 132 Å². The Morgan fingerprint density at radius 2 is 2.09 bits per heavy atom. The van der Waals surface area contributed by atoms with Crippen molar-refractivity contribution in [3.63, 3.8) is 0 Å². The van der Waals surface area contributed by atoms with E-state index in [1.165, 1.54) is 12.4 Å². The molecule has 0 atom stereocenters. The Hall–Kier alpha value is -2.66. The average Bonchev–Trinajstić information content (AvgIpc) is 2.97. The van der Waals surface area contributed by atoms with Gasteiger partial charge in [0, 0.05) is 17.4 Å². The summed E-state index contributed by atoms with van der Waals surface area (Å²) in [6.07, 6.45) is 4.74. The van der Waals surface area contributed by atoms with E-state index in [0.717, 1.165) is 11.3 Å². The number of benzene rings is 1. The lowest BCUT2D eigenvalue weighted by atomic mass is 10.2. The Bertz CT molecular complexity index is 828. The van der Waals surface area contributed by atoms with Gasteiger partial charge in [-0.15, -0.1) is 0 Å². The van der Waals surface area contributed by atoms with Gasteiger partial charge in [-0.25, -0.2) is 9.67 Å². The Morgan fingerprint density at radius 3 is 2.86 bits per heavy atom. The van der Waals surface area contributed by atoms with Crippen LogP contribution in [0.1, 0.15) is 15.9 Å². The number of carbonyl (C=O) groups excluding carboxylic acids is 1. The molecule has 22 heavy (non-hydrogen) atoms. The maximum atomic E-state index is 12.2. The third-order valence-electron chi connectivity index (χ3n) is 3.17. The van der Waals surface area contributed by atoms with E-state index in [1.54, 1.807) is 23.0 Å². The molecule has 3 aromatic rings. The summed E-state index contributed by atoms with van der Waals surface area (Å²) in [5.41, 5.74) is 2.46. The van der Waals surface area contributed by atoms with Crippen LogP contribution in [0.5, 0.6) is 0 Å². The van der Waals surface area contributed by atoms with Gasteiger partial charge in [-0.3, -0.25) is 4.79 Å². The Kier molecular flexibility index (Phi) is 3.89. The fourth-order valence-electron chi connectivity index (χ4n) is 2.05. The second-order valence-electron chi connectivity index (χ2n) is 4.77. The molecule has 0 saturated heterocycles. The number of pyridine rings is 1. The smallest absolute Gasteiger partial charge is 0.260 e. The number of nitrogens with one attached hydrogen (secondary N) is 1. The van der Waals surface area contributed by atoms with Gasteiger partial charge in [-0.1, -0.05) is 29.8 Å². The van der Waals surface area contributed by atoms with E-state index in [1.807, 2.05) is 31.2 Å². The number of nitrogens with zero attached hydrogens (tertiary/aromatic N) is 3. The highest BCUT2D eigenvalue weighted by Crippen LogP contribution is 2.15. The molecule has 0 aliphatic rings. The van der Waals surface area contributed by atoms with Crippen LogP contribution in [0.2, 0.25) is 5.02 Å². The number of hydrogen-bond acceptors (Lipinski definition) is 3. The van der Waals surface area contributed by atoms with Crippen LogP contribution >= 0.6 is 11.6 Å². The van der Waals surface area contributed by atoms with Gasteiger partial charge < -0.3 is 5.32 Å². The van der Waals surface area contributed by atoms with Gasteiger partial charge in [-0.2, -0.15) is 5.10 Å². The summed E-state index contributed by atoms with van der Waals surface area (Å²) in [5.74, 6) is 0.121. The average molecular weight is 313 g/mol. The van der Waals surface area contributed by atoms with E-state index in [4.69, 9.17) is 11.6 Å². The van der Waals surface area contributed by atoms with Crippen LogP contribution in [0.15, 0.2) is 55.0 Å². The lowest BCUT2D eigenvalue weighted by molar-refractivity contribution is 0.102. The van der Waals surface area contributed by atoms with Crippen LogP contribution < -0.4 is 5.32 Å². The minimum absolute atomic E-state index is 0.283. The highest BCUT2D eigenvalue weighted by Gasteiger charge is 2.11. The van der Waals surface area contributed by atoms with Gasteiger partial charge in [0.1, 0.15) is 5.82 Å². The Morgan fingerprint density at radius 1 is 1.27 bits per heavy atom. The second kappa shape index (κ2) is 5.99. The third-order valence-corrected chi connectivity index (χ3v) is 3.41. The molecule has 0 radical (unpaired) electrons. The molecular weight excluding hydrogens is 300 g/mol. The van der Waals surface area contributed by atoms with Gasteiger partial charge in [0.25, 0.3) is 5.91 Å². The minimum atomic E-state index is -0.283. The van der Waals surface area contributed by atoms with E-state index in [-0.39, 0.29) is 5.91 Å². The first-order valence-electron chi connectivity index (χ1n) is 6.67. The molecule has 0 saturated carbocycles. The summed E-state index contributed by atoms with van der Waals surface area (Å²) < 4.78 is 1.68. The molecule has 0 aliphatic heterocycles. The molecule has 1 amide bonds. The molecule has 0 unspecified atom stereocenters. The van der Waals surface area contributed by atoms with Crippen LogP contribution in [0.4, 0.5) is 5.82 Å². The number of aromatic nitrogens is 3. The van der Waals surface area contributed by atoms with Crippen molar-refractivity contribution >= 4 is 23.3 Å². The summed E-state index contributed by atoms with van der Waals surface area (Å²) in [6.45, 7) is 1.99. The maximum Gasteiger partial charge on any atom is 0.260 e. The van der Waals surface area contributed by atoms with Crippen LogP contribution in [0.25, 0.3) is 5.69 Å². The number of aryl methyl sites for hydroxylation is 1. The normalized spacial score (nSPS) is 10.5. The maximum absolute atomic E-state index is 12.2. The summed E-state index contributed by atoms with van der Waals surface area (Å²) in [4.78, 5) is 16.2. The van der Waals surface area contributed by atoms with Gasteiger partial charge >= 0.3 is 0 Å². The standard InChI is InChI=1S/C16H13ClN4O/c1-11-4-2-3-5-14(11)21-10-12(9-19-21)16(22)20-15-8-13(17)6-7-18-15/h2-10H,1H3,(H,18,20,22). The van der Waals surface area contributed by atoms with Crippen molar-refractivity contribution in [3.05, 3.63) is 71.1 Å². The van der Waals surface area contributed by atoms with E-state index in [9.17, 15) is 4.79 Å². The van der Waals surface area contributed by atoms with Crippen molar-refractivity contribution in [2.45, 2.75) is 6.92 Å². The van der Waals surface area contributed by atoms with Crippen molar-refractivity contribution in [1.29, 1.82) is 0 Å². The molecule has 2 aromatic heterocycles. The highest BCUT2D eigenvalue weighted by molar-refractivity contribution is 6.30. The van der Waals surface area contributed by atoms with Crippen LogP contribution in [-0.2, 0) is 0 Å². The molecule has 2 heterocycles. The summed E-state index contributed by atoms with van der Waals surface area (Å²) >= 11 is 5.87. The van der Waals surface area contributed by atoms with Gasteiger partial charge in [0.05, 0.1) is 17.4 Å². The summed E-state index contributed by atoms with van der Waals surface area (Å²) in [5, 5.41) is 7.44. The zero-order valence-corrected chi connectivity index (χ0v) is 12.6. The van der Waals surface area contributed by atoms with Gasteiger partial charge in [0.15, 0.2) is 0 Å². The van der Waals surface area contributed by atoms with Crippen molar-refractivity contribution in [2.24, 2.45) is 0 Å². The van der Waals surface area contributed by atoms with E-state index >= 15 is 0 Å². The SMILES string of the molecule is Cc1ccccc1-n1cc(C(=O)Nc2cc(Cl)ccn2)cn1. The molecule has 5 nitrogen and oxygen atoms in total. The van der Waals surface area contributed by atoms with Crippen LogP contribution in [0.3, 0.4) is 0 Å². The summed E-state index contributed by atoms with van der Waals surface area (Å²) in [6, 6.07) is 11.1. The van der Waals surface area contributed by atoms with E-state index in [2.05, 4.69) is 15.4 Å². The number of amides is 1. The van der Waals surface area contributed by atoms with Crippen molar-refractivity contribution in [1.82, 2.24) is 14.8 Å². The third kappa shape index (κ3) is 2.99. The predicted octanol–water partition coefficient (Wildman–Crippen LogP) is 3.48. The Balaban J connectivity index is 1.82. The quantitative estimate of drug-likeness (QED) is 0.805. The zero-order chi connectivity index (χ0) is 15.5. The number of carbonyl (C=O) groups is 1. The van der Waals surface area contributed by atoms with Crippen molar-refractivity contribution in [2.75, 3.05) is 5.32 Å². The number of rotatable bonds is 3. The molecule has 0 bridgehead atoms. The van der Waals surface area contributed by atoms with E-state index in [0.29, 0.717) is 16.4 Å². The van der Waals surface area contributed by atoms with Crippen LogP contribution in [-0.4, -0.2) is 20.7 Å². The molecule has 6 heteroatoms. The number of halogens is 1. The predicted molar refractivity (Wildman–Crippen MR) is 85.5 cm³/mol. The summed E-state index contributed by atoms with van der Waals surface area (Å²) in [7, 11) is 0. The molecule has 110 valence electrons. The zero-order valence-electron chi connectivity index (χ0n) is 11.8. The van der Waals surface area contributed by atoms with Gasteiger partial charge in [0.2, 0.25) is 0 Å². The number of hydrogen-bond donors (Lipinski definition) is 1. The molecule has 1 N–H and O–H groups in total. The molecule has 0 spiro atoms. The van der Waals surface area contributed by atoms with Crippen LogP contribution in [0, 0.1) is 6.92 Å². The fourth-order valence-corrected chi connectivity index (χ4v) is 2.21. The highest BCUT2D eigenvalue weighted by atomic mass is 35.5. The largest absolute Gasteiger partial charge is 0.306 e. The number of para-hydroxylation sites is 1. The molecule has 1 aromatic carbocycles. The van der Waals surface area contributed by atoms with Gasteiger partial charge in [-0.05, 0) is 30.7 Å². The molecule has 3 rings (SSSR count). The first-order chi connectivity index (χ1) is 10.6. The molecular formula is C16H13ClN4O. The van der Waals surface area contributed by atoms with E-state index < -0.39 is 0 Å².